The lowest BCUT2D eigenvalue weighted by atomic mass is 9.98. The number of amides is 1. The molecule has 1 amide bonds. The monoisotopic (exact) mass is 280 g/mol. The van der Waals surface area contributed by atoms with Crippen molar-refractivity contribution in [1.29, 1.82) is 0 Å². The minimum atomic E-state index is -0.239. The molecule has 5 heteroatoms. The molecule has 0 saturated carbocycles. The highest BCUT2D eigenvalue weighted by molar-refractivity contribution is 6.00. The van der Waals surface area contributed by atoms with Crippen molar-refractivity contribution in [2.24, 2.45) is 0 Å². The first-order chi connectivity index (χ1) is 9.28. The molecule has 0 atom stereocenters. The summed E-state index contributed by atoms with van der Waals surface area (Å²) < 4.78 is 10.4. The second kappa shape index (κ2) is 6.03. The third kappa shape index (κ3) is 2.98. The number of hydrogen-bond donors (Lipinski definition) is 1. The fourth-order valence-electron chi connectivity index (χ4n) is 1.77. The Balaban J connectivity index is 3.23. The first-order valence-electron chi connectivity index (χ1n) is 6.58. The maximum absolute atomic E-state index is 12.6. The van der Waals surface area contributed by atoms with E-state index in [-0.39, 0.29) is 11.4 Å². The van der Waals surface area contributed by atoms with Crippen molar-refractivity contribution < 1.29 is 14.3 Å². The van der Waals surface area contributed by atoms with E-state index in [9.17, 15) is 4.79 Å². The topological polar surface area (TPSA) is 64.8 Å². The van der Waals surface area contributed by atoms with Gasteiger partial charge in [-0.3, -0.25) is 4.79 Å². The molecule has 0 radical (unpaired) electrons. The van der Waals surface area contributed by atoms with Gasteiger partial charge in [-0.1, -0.05) is 6.92 Å². The molecule has 0 bridgehead atoms. The van der Waals surface area contributed by atoms with Gasteiger partial charge in [-0.25, -0.2) is 0 Å². The van der Waals surface area contributed by atoms with Crippen molar-refractivity contribution in [3.05, 3.63) is 17.7 Å². The van der Waals surface area contributed by atoms with E-state index in [1.807, 2.05) is 20.8 Å². The van der Waals surface area contributed by atoms with E-state index in [0.29, 0.717) is 22.7 Å². The van der Waals surface area contributed by atoms with Gasteiger partial charge in [0.25, 0.3) is 5.91 Å². The molecular weight excluding hydrogens is 256 g/mol. The van der Waals surface area contributed by atoms with E-state index in [1.165, 1.54) is 14.2 Å². The summed E-state index contributed by atoms with van der Waals surface area (Å²) in [6.07, 6.45) is 0.850. The largest absolute Gasteiger partial charge is 0.493 e. The Morgan fingerprint density at radius 1 is 1.25 bits per heavy atom. The zero-order chi connectivity index (χ0) is 15.5. The summed E-state index contributed by atoms with van der Waals surface area (Å²) in [6, 6.07) is 3.23. The molecule has 112 valence electrons. The number of hydrogen-bond acceptors (Lipinski definition) is 4. The molecule has 0 fully saturated rings. The quantitative estimate of drug-likeness (QED) is 0.842. The summed E-state index contributed by atoms with van der Waals surface area (Å²) in [5, 5.41) is 0. The van der Waals surface area contributed by atoms with Gasteiger partial charge in [-0.15, -0.1) is 0 Å². The van der Waals surface area contributed by atoms with E-state index in [1.54, 1.807) is 24.1 Å². The average Bonchev–Trinajstić information content (AvgIpc) is 2.45. The molecule has 0 unspecified atom stereocenters. The number of nitrogen functional groups attached to an aromatic ring is 1. The van der Waals surface area contributed by atoms with Gasteiger partial charge in [0.1, 0.15) is 0 Å². The maximum atomic E-state index is 12.6. The second-order valence-corrected chi connectivity index (χ2v) is 5.32. The third-order valence-corrected chi connectivity index (χ3v) is 3.86. The molecule has 0 aliphatic heterocycles. The van der Waals surface area contributed by atoms with Crippen LogP contribution in [0.5, 0.6) is 11.5 Å². The number of benzene rings is 1. The Morgan fingerprint density at radius 3 is 2.20 bits per heavy atom. The fourth-order valence-corrected chi connectivity index (χ4v) is 1.77. The summed E-state index contributed by atoms with van der Waals surface area (Å²) in [4.78, 5) is 14.3. The number of rotatable bonds is 5. The van der Waals surface area contributed by atoms with E-state index >= 15 is 0 Å². The fraction of sp³-hybridized carbons (Fsp3) is 0.533. The number of ether oxygens (including phenoxy) is 2. The Kier molecular flexibility index (Phi) is 4.87. The number of nitrogens with two attached hydrogens (primary N) is 1. The zero-order valence-electron chi connectivity index (χ0n) is 13.1. The average molecular weight is 280 g/mol. The standard InChI is InChI=1S/C15H24N2O3/c1-7-15(2,3)17(4)14(18)10-8-12(19-5)13(20-6)9-11(10)16/h8-9H,7,16H2,1-6H3. The highest BCUT2D eigenvalue weighted by atomic mass is 16.5. The lowest BCUT2D eigenvalue weighted by Crippen LogP contribution is -2.44. The van der Waals surface area contributed by atoms with Crippen LogP contribution in [-0.2, 0) is 0 Å². The predicted octanol–water partition coefficient (Wildman–Crippen LogP) is 2.55. The Labute approximate surface area is 120 Å². The first-order valence-corrected chi connectivity index (χ1v) is 6.58. The Hall–Kier alpha value is -1.91. The number of anilines is 1. The van der Waals surface area contributed by atoms with Gasteiger partial charge in [0.05, 0.1) is 19.8 Å². The molecule has 1 aromatic carbocycles. The van der Waals surface area contributed by atoms with Crippen molar-refractivity contribution in [3.63, 3.8) is 0 Å². The van der Waals surface area contributed by atoms with Crippen LogP contribution in [0.1, 0.15) is 37.6 Å². The minimum Gasteiger partial charge on any atom is -0.493 e. The van der Waals surface area contributed by atoms with Crippen LogP contribution in [0.25, 0.3) is 0 Å². The second-order valence-electron chi connectivity index (χ2n) is 5.32. The molecule has 1 rings (SSSR count). The van der Waals surface area contributed by atoms with Crippen LogP contribution < -0.4 is 15.2 Å². The van der Waals surface area contributed by atoms with Gasteiger partial charge in [0.2, 0.25) is 0 Å². The highest BCUT2D eigenvalue weighted by Crippen LogP contribution is 2.33. The van der Waals surface area contributed by atoms with Crippen LogP contribution in [-0.4, -0.2) is 37.6 Å². The molecule has 0 saturated heterocycles. The maximum Gasteiger partial charge on any atom is 0.256 e. The van der Waals surface area contributed by atoms with Crippen molar-refractivity contribution in [1.82, 2.24) is 4.90 Å². The van der Waals surface area contributed by atoms with Crippen molar-refractivity contribution in [3.8, 4) is 11.5 Å². The summed E-state index contributed by atoms with van der Waals surface area (Å²) in [7, 11) is 4.84. The number of nitrogens with zero attached hydrogens (tertiary/aromatic N) is 1. The van der Waals surface area contributed by atoms with Crippen LogP contribution in [0.2, 0.25) is 0 Å². The van der Waals surface area contributed by atoms with E-state index in [2.05, 4.69) is 0 Å². The lowest BCUT2D eigenvalue weighted by molar-refractivity contribution is 0.0621. The van der Waals surface area contributed by atoms with E-state index in [0.717, 1.165) is 6.42 Å². The summed E-state index contributed by atoms with van der Waals surface area (Å²) >= 11 is 0. The normalized spacial score (nSPS) is 11.1. The molecule has 0 aromatic heterocycles. The van der Waals surface area contributed by atoms with E-state index in [4.69, 9.17) is 15.2 Å². The Morgan fingerprint density at radius 2 is 1.75 bits per heavy atom. The lowest BCUT2D eigenvalue weighted by Gasteiger charge is -2.35. The SMILES string of the molecule is CCC(C)(C)N(C)C(=O)c1cc(OC)c(OC)cc1N. The molecular formula is C15H24N2O3. The highest BCUT2D eigenvalue weighted by Gasteiger charge is 2.28. The molecule has 0 heterocycles. The number of methoxy groups -OCH3 is 2. The van der Waals surface area contributed by atoms with Crippen LogP contribution in [0.3, 0.4) is 0 Å². The first kappa shape index (κ1) is 16.1. The van der Waals surface area contributed by atoms with E-state index < -0.39 is 0 Å². The van der Waals surface area contributed by atoms with Crippen LogP contribution in [0.4, 0.5) is 5.69 Å². The molecule has 0 spiro atoms. The van der Waals surface area contributed by atoms with Crippen LogP contribution in [0.15, 0.2) is 12.1 Å². The van der Waals surface area contributed by atoms with Gasteiger partial charge in [-0.2, -0.15) is 0 Å². The number of carbonyl (C=O) groups excluding carboxylic acids is 1. The van der Waals surface area contributed by atoms with Gasteiger partial charge < -0.3 is 20.1 Å². The molecule has 5 nitrogen and oxygen atoms in total. The molecule has 0 aliphatic rings. The third-order valence-electron chi connectivity index (χ3n) is 3.86. The van der Waals surface area contributed by atoms with Crippen LogP contribution >= 0.6 is 0 Å². The predicted molar refractivity (Wildman–Crippen MR) is 80.4 cm³/mol. The van der Waals surface area contributed by atoms with Gasteiger partial charge in [-0.05, 0) is 26.3 Å². The van der Waals surface area contributed by atoms with Crippen molar-refractivity contribution >= 4 is 11.6 Å². The van der Waals surface area contributed by atoms with Crippen molar-refractivity contribution in [2.75, 3.05) is 27.0 Å². The van der Waals surface area contributed by atoms with Gasteiger partial charge >= 0.3 is 0 Å². The molecule has 0 aliphatic carbocycles. The molecule has 20 heavy (non-hydrogen) atoms. The zero-order valence-corrected chi connectivity index (χ0v) is 13.1. The summed E-state index contributed by atoms with van der Waals surface area (Å²) in [5.41, 5.74) is 6.53. The summed E-state index contributed by atoms with van der Waals surface area (Å²) in [6.45, 7) is 6.07. The van der Waals surface area contributed by atoms with Gasteiger partial charge in [0.15, 0.2) is 11.5 Å². The van der Waals surface area contributed by atoms with Crippen LogP contribution in [0, 0.1) is 0 Å². The minimum absolute atomic E-state index is 0.129. The summed E-state index contributed by atoms with van der Waals surface area (Å²) in [5.74, 6) is 0.877. The molecule has 1 aromatic rings. The number of carbonyl (C=O) groups is 1. The molecule has 2 N–H and O–H groups in total. The van der Waals surface area contributed by atoms with Crippen molar-refractivity contribution in [2.45, 2.75) is 32.7 Å². The smallest absolute Gasteiger partial charge is 0.256 e. The Bertz CT molecular complexity index is 498. The van der Waals surface area contributed by atoms with Gasteiger partial charge in [0, 0.05) is 24.3 Å².